The third-order valence-electron chi connectivity index (χ3n) is 2.86. The van der Waals surface area contributed by atoms with Gasteiger partial charge in [-0.25, -0.2) is 4.98 Å². The number of aromatic nitrogens is 1. The zero-order valence-electron chi connectivity index (χ0n) is 10.2. The zero-order chi connectivity index (χ0) is 12.4. The van der Waals surface area contributed by atoms with Crippen LogP contribution in [0.2, 0.25) is 0 Å². The van der Waals surface area contributed by atoms with Crippen LogP contribution in [0, 0.1) is 6.92 Å². The molecular weight excluding hydrogens is 236 g/mol. The van der Waals surface area contributed by atoms with Crippen molar-refractivity contribution in [2.75, 3.05) is 31.1 Å². The van der Waals surface area contributed by atoms with Crippen LogP contribution in [0.4, 0.5) is 5.13 Å². The monoisotopic (exact) mass is 254 g/mol. The maximum Gasteiger partial charge on any atom is 0.239 e. The molecule has 5 nitrogen and oxygen atoms in total. The van der Waals surface area contributed by atoms with Gasteiger partial charge in [0.25, 0.3) is 0 Å². The number of carbonyl (C=O) groups is 1. The third-order valence-corrected chi connectivity index (χ3v) is 3.88. The number of nitrogens with zero attached hydrogens (tertiary/aromatic N) is 3. The third kappa shape index (κ3) is 2.76. The van der Waals surface area contributed by atoms with Crippen LogP contribution >= 0.6 is 11.3 Å². The molecule has 0 aliphatic carbocycles. The van der Waals surface area contributed by atoms with E-state index in [-0.39, 0.29) is 5.91 Å². The van der Waals surface area contributed by atoms with E-state index in [1.54, 1.807) is 18.3 Å². The maximum absolute atomic E-state index is 11.7. The number of nitrogens with two attached hydrogens (primary N) is 1. The van der Waals surface area contributed by atoms with Gasteiger partial charge < -0.3 is 15.5 Å². The zero-order valence-corrected chi connectivity index (χ0v) is 11.0. The summed E-state index contributed by atoms with van der Waals surface area (Å²) in [6.07, 6.45) is 0. The van der Waals surface area contributed by atoms with Crippen molar-refractivity contribution in [3.05, 3.63) is 11.1 Å². The van der Waals surface area contributed by atoms with Gasteiger partial charge in [-0.2, -0.15) is 0 Å². The first-order chi connectivity index (χ1) is 8.08. The van der Waals surface area contributed by atoms with Gasteiger partial charge in [-0.05, 0) is 13.8 Å². The summed E-state index contributed by atoms with van der Waals surface area (Å²) in [5.41, 5.74) is 6.66. The molecule has 1 aliphatic heterocycles. The van der Waals surface area contributed by atoms with E-state index in [4.69, 9.17) is 5.73 Å². The lowest BCUT2D eigenvalue weighted by Crippen LogP contribution is -2.52. The fraction of sp³-hybridized carbons (Fsp3) is 0.636. The Morgan fingerprint density at radius 2 is 2.12 bits per heavy atom. The van der Waals surface area contributed by atoms with E-state index < -0.39 is 6.04 Å². The molecule has 1 saturated heterocycles. The van der Waals surface area contributed by atoms with Crippen LogP contribution in [0.1, 0.15) is 12.6 Å². The Balaban J connectivity index is 1.92. The van der Waals surface area contributed by atoms with Crippen LogP contribution in [-0.2, 0) is 4.79 Å². The molecule has 0 bridgehead atoms. The smallest absolute Gasteiger partial charge is 0.239 e. The first-order valence-electron chi connectivity index (χ1n) is 5.79. The Morgan fingerprint density at radius 1 is 1.47 bits per heavy atom. The lowest BCUT2D eigenvalue weighted by molar-refractivity contribution is -0.132. The predicted octanol–water partition coefficient (Wildman–Crippen LogP) is 0.447. The number of hydrogen-bond acceptors (Lipinski definition) is 5. The fourth-order valence-electron chi connectivity index (χ4n) is 1.89. The van der Waals surface area contributed by atoms with Crippen LogP contribution in [0.25, 0.3) is 0 Å². The minimum atomic E-state index is -0.399. The van der Waals surface area contributed by atoms with E-state index in [0.717, 1.165) is 37.0 Å². The second-order valence-corrected chi connectivity index (χ2v) is 5.21. The van der Waals surface area contributed by atoms with Crippen molar-refractivity contribution in [1.29, 1.82) is 0 Å². The Kier molecular flexibility index (Phi) is 3.63. The summed E-state index contributed by atoms with van der Waals surface area (Å²) in [6.45, 7) is 6.88. The first kappa shape index (κ1) is 12.3. The van der Waals surface area contributed by atoms with Crippen molar-refractivity contribution < 1.29 is 4.79 Å². The number of anilines is 1. The summed E-state index contributed by atoms with van der Waals surface area (Å²) in [5, 5.41) is 3.10. The normalized spacial score (nSPS) is 18.3. The number of rotatable bonds is 2. The SMILES string of the molecule is Cc1csc(N2CCN(C(=O)[C@@H](C)N)CC2)n1. The Bertz CT molecular complexity index is 396. The topological polar surface area (TPSA) is 62.5 Å². The quantitative estimate of drug-likeness (QED) is 0.832. The van der Waals surface area contributed by atoms with Gasteiger partial charge >= 0.3 is 0 Å². The number of aryl methyl sites for hydroxylation is 1. The van der Waals surface area contributed by atoms with Gasteiger partial charge in [0.05, 0.1) is 11.7 Å². The molecule has 0 radical (unpaired) electrons. The van der Waals surface area contributed by atoms with Gasteiger partial charge in [0.2, 0.25) is 5.91 Å². The summed E-state index contributed by atoms with van der Waals surface area (Å²) in [5.74, 6) is 0.0416. The molecule has 0 unspecified atom stereocenters. The molecule has 2 rings (SSSR count). The van der Waals surface area contributed by atoms with E-state index in [0.29, 0.717) is 0 Å². The lowest BCUT2D eigenvalue weighted by Gasteiger charge is -2.35. The molecule has 1 aromatic rings. The molecule has 0 aromatic carbocycles. The molecule has 0 spiro atoms. The summed E-state index contributed by atoms with van der Waals surface area (Å²) >= 11 is 1.66. The van der Waals surface area contributed by atoms with Crippen molar-refractivity contribution >= 4 is 22.4 Å². The molecule has 0 saturated carbocycles. The minimum Gasteiger partial charge on any atom is -0.345 e. The second-order valence-electron chi connectivity index (χ2n) is 4.37. The first-order valence-corrected chi connectivity index (χ1v) is 6.67. The highest BCUT2D eigenvalue weighted by Gasteiger charge is 2.24. The summed E-state index contributed by atoms with van der Waals surface area (Å²) in [6, 6.07) is -0.399. The highest BCUT2D eigenvalue weighted by molar-refractivity contribution is 7.13. The molecule has 94 valence electrons. The number of hydrogen-bond donors (Lipinski definition) is 1. The molecule has 2 N–H and O–H groups in total. The summed E-state index contributed by atoms with van der Waals surface area (Å²) in [4.78, 5) is 20.2. The van der Waals surface area contributed by atoms with Gasteiger partial charge in [-0.1, -0.05) is 0 Å². The standard InChI is InChI=1S/C11H18N4OS/c1-8-7-17-11(13-8)15-5-3-14(4-6-15)10(16)9(2)12/h7,9H,3-6,12H2,1-2H3/t9-/m1/s1. The molecular formula is C11H18N4OS. The van der Waals surface area contributed by atoms with Crippen molar-refractivity contribution in [1.82, 2.24) is 9.88 Å². The van der Waals surface area contributed by atoms with Crippen LogP contribution in [0.15, 0.2) is 5.38 Å². The highest BCUT2D eigenvalue weighted by Crippen LogP contribution is 2.21. The lowest BCUT2D eigenvalue weighted by atomic mass is 10.2. The largest absolute Gasteiger partial charge is 0.345 e. The minimum absolute atomic E-state index is 0.0416. The van der Waals surface area contributed by atoms with Crippen molar-refractivity contribution in [2.45, 2.75) is 19.9 Å². The molecule has 2 heterocycles. The molecule has 1 atom stereocenters. The Morgan fingerprint density at radius 3 is 2.59 bits per heavy atom. The number of piperazine rings is 1. The maximum atomic E-state index is 11.7. The van der Waals surface area contributed by atoms with Gasteiger partial charge in [0.15, 0.2) is 5.13 Å². The highest BCUT2D eigenvalue weighted by atomic mass is 32.1. The molecule has 1 amide bonds. The number of carbonyl (C=O) groups excluding carboxylic acids is 1. The van der Waals surface area contributed by atoms with E-state index >= 15 is 0 Å². The van der Waals surface area contributed by atoms with Crippen LogP contribution in [0.5, 0.6) is 0 Å². The van der Waals surface area contributed by atoms with E-state index in [1.165, 1.54) is 0 Å². The average Bonchev–Trinajstić information content (AvgIpc) is 2.75. The van der Waals surface area contributed by atoms with Gasteiger partial charge in [-0.15, -0.1) is 11.3 Å². The molecule has 1 aromatic heterocycles. The Labute approximate surface area is 105 Å². The predicted molar refractivity (Wildman–Crippen MR) is 69.3 cm³/mol. The van der Waals surface area contributed by atoms with Crippen molar-refractivity contribution in [3.8, 4) is 0 Å². The van der Waals surface area contributed by atoms with E-state index in [1.807, 2.05) is 11.8 Å². The van der Waals surface area contributed by atoms with Gasteiger partial charge in [0, 0.05) is 31.6 Å². The molecule has 1 aliphatic rings. The van der Waals surface area contributed by atoms with Crippen LogP contribution in [-0.4, -0.2) is 48.0 Å². The molecule has 17 heavy (non-hydrogen) atoms. The Hall–Kier alpha value is -1.14. The average molecular weight is 254 g/mol. The van der Waals surface area contributed by atoms with Crippen LogP contribution < -0.4 is 10.6 Å². The second kappa shape index (κ2) is 5.01. The van der Waals surface area contributed by atoms with Crippen LogP contribution in [0.3, 0.4) is 0 Å². The van der Waals surface area contributed by atoms with Crippen molar-refractivity contribution in [3.63, 3.8) is 0 Å². The van der Waals surface area contributed by atoms with E-state index in [2.05, 4.69) is 15.3 Å². The van der Waals surface area contributed by atoms with Crippen molar-refractivity contribution in [2.24, 2.45) is 5.73 Å². The molecule has 1 fully saturated rings. The molecule has 6 heteroatoms. The summed E-state index contributed by atoms with van der Waals surface area (Å²) < 4.78 is 0. The van der Waals surface area contributed by atoms with E-state index in [9.17, 15) is 4.79 Å². The number of amides is 1. The van der Waals surface area contributed by atoms with Gasteiger partial charge in [0.1, 0.15) is 0 Å². The summed E-state index contributed by atoms with van der Waals surface area (Å²) in [7, 11) is 0. The number of thiazole rings is 1. The van der Waals surface area contributed by atoms with Gasteiger partial charge in [-0.3, -0.25) is 4.79 Å². The fourth-order valence-corrected chi connectivity index (χ4v) is 2.75.